The number of rotatable bonds is 6. The van der Waals surface area contributed by atoms with E-state index in [4.69, 9.17) is 9.15 Å². The fourth-order valence-corrected chi connectivity index (χ4v) is 4.53. The van der Waals surface area contributed by atoms with Crippen molar-refractivity contribution in [1.29, 1.82) is 0 Å². The number of allylic oxidation sites excluding steroid dienone is 1. The number of esters is 1. The van der Waals surface area contributed by atoms with Crippen LogP contribution in [0.1, 0.15) is 31.2 Å². The Labute approximate surface area is 194 Å². The average molecular weight is 484 g/mol. The summed E-state index contributed by atoms with van der Waals surface area (Å²) >= 11 is 0.992. The molecule has 1 aromatic carbocycles. The fourth-order valence-electron chi connectivity index (χ4n) is 3.51. The second kappa shape index (κ2) is 8.86. The molecule has 0 saturated heterocycles. The molecule has 0 N–H and O–H groups in total. The summed E-state index contributed by atoms with van der Waals surface area (Å²) in [6.07, 6.45) is 1.35. The Kier molecular flexibility index (Phi) is 5.94. The SMILES string of the molecule is CCOC(=O)C1=C(C)n2c(s/c(=C/c3ccc([N+](=O)[O-])o3)c2=O)=N[C@H]1c1cccc([N+](=O)[O-])c1. The van der Waals surface area contributed by atoms with E-state index in [0.717, 1.165) is 11.3 Å². The summed E-state index contributed by atoms with van der Waals surface area (Å²) in [5.41, 5.74) is 0.0628. The number of carbonyl (C=O) groups excluding carboxylic acids is 1. The van der Waals surface area contributed by atoms with E-state index in [2.05, 4.69) is 4.99 Å². The predicted molar refractivity (Wildman–Crippen MR) is 120 cm³/mol. The molecule has 0 aliphatic carbocycles. The minimum Gasteiger partial charge on any atom is -0.463 e. The highest BCUT2D eigenvalue weighted by Crippen LogP contribution is 2.33. The lowest BCUT2D eigenvalue weighted by Gasteiger charge is -2.22. The summed E-state index contributed by atoms with van der Waals surface area (Å²) in [5, 5.41) is 22.1. The van der Waals surface area contributed by atoms with Crippen molar-refractivity contribution in [1.82, 2.24) is 4.57 Å². The third kappa shape index (κ3) is 4.03. The van der Waals surface area contributed by atoms with E-state index in [1.807, 2.05) is 0 Å². The van der Waals surface area contributed by atoms with Gasteiger partial charge in [0.1, 0.15) is 21.3 Å². The van der Waals surface area contributed by atoms with Crippen LogP contribution >= 0.6 is 11.3 Å². The van der Waals surface area contributed by atoms with Crippen molar-refractivity contribution in [3.05, 3.63) is 93.2 Å². The Hall–Kier alpha value is -4.39. The molecule has 13 heteroatoms. The van der Waals surface area contributed by atoms with Crippen LogP contribution in [-0.4, -0.2) is 27.0 Å². The number of non-ortho nitro benzene ring substituents is 1. The van der Waals surface area contributed by atoms with Crippen molar-refractivity contribution in [2.24, 2.45) is 4.99 Å². The summed E-state index contributed by atoms with van der Waals surface area (Å²) < 4.78 is 11.7. The van der Waals surface area contributed by atoms with Gasteiger partial charge in [-0.1, -0.05) is 23.5 Å². The maximum atomic E-state index is 13.1. The Balaban J connectivity index is 1.93. The summed E-state index contributed by atoms with van der Waals surface area (Å²) in [7, 11) is 0. The number of nitro groups is 2. The molecule has 0 amide bonds. The molecule has 1 atom stereocenters. The minimum atomic E-state index is -0.936. The van der Waals surface area contributed by atoms with Crippen molar-refractivity contribution >= 4 is 40.7 Å². The molecule has 3 heterocycles. The topological polar surface area (TPSA) is 160 Å². The minimum absolute atomic E-state index is 0.0786. The van der Waals surface area contributed by atoms with Gasteiger partial charge in [-0.25, -0.2) is 9.79 Å². The molecule has 174 valence electrons. The average Bonchev–Trinajstić information content (AvgIpc) is 3.39. The molecule has 0 fully saturated rings. The molecule has 1 aliphatic rings. The lowest BCUT2D eigenvalue weighted by Crippen LogP contribution is -2.35. The molecule has 0 bridgehead atoms. The first-order valence-electron chi connectivity index (χ1n) is 9.89. The molecule has 0 radical (unpaired) electrons. The Bertz CT molecular complexity index is 1540. The smallest absolute Gasteiger partial charge is 0.433 e. The number of thiazole rings is 1. The first-order chi connectivity index (χ1) is 16.2. The number of nitrogens with zero attached hydrogens (tertiary/aromatic N) is 4. The van der Waals surface area contributed by atoms with Gasteiger partial charge in [-0.2, -0.15) is 0 Å². The highest BCUT2D eigenvalue weighted by Gasteiger charge is 2.32. The lowest BCUT2D eigenvalue weighted by molar-refractivity contribution is -0.402. The van der Waals surface area contributed by atoms with Crippen molar-refractivity contribution in [3.8, 4) is 0 Å². The zero-order valence-electron chi connectivity index (χ0n) is 17.8. The Morgan fingerprint density at radius 3 is 2.68 bits per heavy atom. The number of carbonyl (C=O) groups is 1. The van der Waals surface area contributed by atoms with Gasteiger partial charge < -0.3 is 9.15 Å². The normalized spacial score (nSPS) is 15.6. The number of ether oxygens (including phenoxy) is 1. The molecule has 12 nitrogen and oxygen atoms in total. The van der Waals surface area contributed by atoms with Gasteiger partial charge in [0.2, 0.25) is 0 Å². The molecule has 0 spiro atoms. The van der Waals surface area contributed by atoms with E-state index < -0.39 is 33.3 Å². The number of aromatic nitrogens is 1. The molecular formula is C21H16N4O8S. The first-order valence-corrected chi connectivity index (χ1v) is 10.7. The van der Waals surface area contributed by atoms with Crippen molar-refractivity contribution in [2.75, 3.05) is 6.61 Å². The number of hydrogen-bond donors (Lipinski definition) is 0. The zero-order valence-corrected chi connectivity index (χ0v) is 18.6. The number of furan rings is 1. The Morgan fingerprint density at radius 1 is 1.26 bits per heavy atom. The highest BCUT2D eigenvalue weighted by molar-refractivity contribution is 7.07. The number of hydrogen-bond acceptors (Lipinski definition) is 10. The fraction of sp³-hybridized carbons (Fsp3) is 0.190. The second-order valence-electron chi connectivity index (χ2n) is 7.07. The van der Waals surface area contributed by atoms with Gasteiger partial charge in [0.05, 0.1) is 23.2 Å². The summed E-state index contributed by atoms with van der Waals surface area (Å²) in [6, 6.07) is 7.32. The van der Waals surface area contributed by atoms with Gasteiger partial charge in [-0.05, 0) is 25.5 Å². The van der Waals surface area contributed by atoms with E-state index in [0.29, 0.717) is 5.56 Å². The van der Waals surface area contributed by atoms with Crippen LogP contribution in [0, 0.1) is 20.2 Å². The monoisotopic (exact) mass is 484 g/mol. The number of benzene rings is 1. The van der Waals surface area contributed by atoms with Crippen molar-refractivity contribution < 1.29 is 23.8 Å². The third-order valence-electron chi connectivity index (χ3n) is 5.00. The van der Waals surface area contributed by atoms with Crippen LogP contribution < -0.4 is 14.9 Å². The maximum absolute atomic E-state index is 13.1. The van der Waals surface area contributed by atoms with Crippen molar-refractivity contribution in [2.45, 2.75) is 19.9 Å². The molecule has 0 unspecified atom stereocenters. The van der Waals surface area contributed by atoms with Gasteiger partial charge in [0, 0.05) is 23.9 Å². The quantitative estimate of drug-likeness (QED) is 0.293. The van der Waals surface area contributed by atoms with E-state index in [-0.39, 0.29) is 38.7 Å². The van der Waals surface area contributed by atoms with Crippen LogP contribution in [0.15, 0.2) is 56.2 Å². The number of fused-ring (bicyclic) bond motifs is 1. The molecule has 34 heavy (non-hydrogen) atoms. The van der Waals surface area contributed by atoms with Crippen LogP contribution in [0.3, 0.4) is 0 Å². The molecule has 1 aliphatic heterocycles. The molecule has 4 rings (SSSR count). The van der Waals surface area contributed by atoms with Gasteiger partial charge in [0.15, 0.2) is 4.80 Å². The van der Waals surface area contributed by atoms with Crippen LogP contribution in [0.2, 0.25) is 0 Å². The zero-order chi connectivity index (χ0) is 24.6. The lowest BCUT2D eigenvalue weighted by atomic mass is 9.96. The summed E-state index contributed by atoms with van der Waals surface area (Å²) in [5.74, 6) is -1.06. The van der Waals surface area contributed by atoms with Crippen molar-refractivity contribution in [3.63, 3.8) is 0 Å². The van der Waals surface area contributed by atoms with Crippen LogP contribution in [-0.2, 0) is 9.53 Å². The van der Waals surface area contributed by atoms with E-state index >= 15 is 0 Å². The largest absolute Gasteiger partial charge is 0.463 e. The predicted octanol–water partition coefficient (Wildman–Crippen LogP) is 2.32. The van der Waals surface area contributed by atoms with E-state index in [9.17, 15) is 29.8 Å². The van der Waals surface area contributed by atoms with E-state index in [1.165, 1.54) is 41.0 Å². The maximum Gasteiger partial charge on any atom is 0.433 e. The molecule has 3 aromatic rings. The Morgan fingerprint density at radius 2 is 2.03 bits per heavy atom. The number of nitro benzene ring substituents is 1. The highest BCUT2D eigenvalue weighted by atomic mass is 32.1. The van der Waals surface area contributed by atoms with Gasteiger partial charge >= 0.3 is 11.9 Å². The first kappa shape index (κ1) is 22.8. The van der Waals surface area contributed by atoms with Gasteiger partial charge in [-0.3, -0.25) is 29.6 Å². The molecular weight excluding hydrogens is 468 g/mol. The third-order valence-corrected chi connectivity index (χ3v) is 5.99. The molecule has 0 saturated carbocycles. The molecule has 2 aromatic heterocycles. The summed E-state index contributed by atoms with van der Waals surface area (Å²) in [4.78, 5) is 51.6. The standard InChI is InChI=1S/C21H16N4O8S/c1-3-32-20(27)17-11(2)23-19(26)15(10-14-7-8-16(33-14)25(30)31)34-21(23)22-18(17)12-5-4-6-13(9-12)24(28)29/h4-10,18H,3H2,1-2H3/b15-10+/t18-/m0/s1. The van der Waals surface area contributed by atoms with Gasteiger partial charge in [0.25, 0.3) is 11.2 Å². The van der Waals surface area contributed by atoms with E-state index in [1.54, 1.807) is 19.9 Å². The van der Waals surface area contributed by atoms with Crippen LogP contribution in [0.25, 0.3) is 11.8 Å². The van der Waals surface area contributed by atoms with Crippen LogP contribution in [0.4, 0.5) is 11.6 Å². The summed E-state index contributed by atoms with van der Waals surface area (Å²) in [6.45, 7) is 3.28. The van der Waals surface area contributed by atoms with Crippen LogP contribution in [0.5, 0.6) is 0 Å². The van der Waals surface area contributed by atoms with Gasteiger partial charge in [-0.15, -0.1) is 0 Å². The second-order valence-corrected chi connectivity index (χ2v) is 8.08.